The average molecular weight is 331 g/mol. The molecule has 0 saturated carbocycles. The number of hydrogen-bond donors (Lipinski definition) is 3. The molecule has 2 heterocycles. The van der Waals surface area contributed by atoms with Crippen LogP contribution in [-0.4, -0.2) is 59.5 Å². The van der Waals surface area contributed by atoms with Crippen molar-refractivity contribution in [1.29, 1.82) is 0 Å². The van der Waals surface area contributed by atoms with E-state index in [1.807, 2.05) is 0 Å². The molecule has 2 unspecified atom stereocenters. The van der Waals surface area contributed by atoms with Crippen molar-refractivity contribution in [2.75, 3.05) is 19.6 Å². The lowest BCUT2D eigenvalue weighted by Gasteiger charge is -2.14. The Morgan fingerprint density at radius 2 is 1.88 bits per heavy atom. The molecule has 2 aliphatic heterocycles. The first-order valence-corrected chi connectivity index (χ1v) is 8.22. The first-order chi connectivity index (χ1) is 11.6. The van der Waals surface area contributed by atoms with E-state index in [1.54, 1.807) is 24.3 Å². The summed E-state index contributed by atoms with van der Waals surface area (Å²) in [4.78, 5) is 37.5. The largest absolute Gasteiger partial charge is 0.392 e. The van der Waals surface area contributed by atoms with Crippen molar-refractivity contribution in [1.82, 2.24) is 15.5 Å². The van der Waals surface area contributed by atoms with Crippen molar-refractivity contribution in [3.63, 3.8) is 0 Å². The zero-order chi connectivity index (χ0) is 17.1. The predicted octanol–water partition coefficient (Wildman–Crippen LogP) is -0.0982. The molecule has 0 radical (unpaired) electrons. The summed E-state index contributed by atoms with van der Waals surface area (Å²) in [5.74, 6) is -0.611. The van der Waals surface area contributed by atoms with Crippen LogP contribution < -0.4 is 10.6 Å². The number of fused-ring (bicyclic) bond motifs is 1. The van der Waals surface area contributed by atoms with E-state index in [4.69, 9.17) is 0 Å². The maximum Gasteiger partial charge on any atom is 0.261 e. The summed E-state index contributed by atoms with van der Waals surface area (Å²) in [5, 5.41) is 15.2. The smallest absolute Gasteiger partial charge is 0.261 e. The van der Waals surface area contributed by atoms with Crippen LogP contribution in [0.15, 0.2) is 24.3 Å². The maximum absolute atomic E-state index is 12.2. The molecule has 2 atom stereocenters. The number of aliphatic hydroxyl groups is 1. The van der Waals surface area contributed by atoms with Crippen molar-refractivity contribution in [2.45, 2.75) is 31.4 Å². The standard InChI is InChI=1S/C17H21N3O4/c21-11-9-14(19-10-11)15(22)18-7-3-4-8-20-16(23)12-5-1-2-6-13(12)17(20)24/h1-2,5-6,11,14,19,21H,3-4,7-10H2,(H,18,22). The zero-order valence-corrected chi connectivity index (χ0v) is 13.3. The Bertz CT molecular complexity index is 626. The zero-order valence-electron chi connectivity index (χ0n) is 13.3. The number of nitrogens with one attached hydrogen (secondary N) is 2. The lowest BCUT2D eigenvalue weighted by molar-refractivity contribution is -0.122. The number of nitrogens with zero attached hydrogens (tertiary/aromatic N) is 1. The van der Waals surface area contributed by atoms with Crippen LogP contribution in [0.4, 0.5) is 0 Å². The molecule has 2 aliphatic rings. The maximum atomic E-state index is 12.2. The van der Waals surface area contributed by atoms with Gasteiger partial charge in [-0.3, -0.25) is 19.3 Å². The first kappa shape index (κ1) is 16.6. The van der Waals surface area contributed by atoms with Gasteiger partial charge in [-0.15, -0.1) is 0 Å². The molecule has 1 aromatic rings. The van der Waals surface area contributed by atoms with Gasteiger partial charge in [-0.1, -0.05) is 12.1 Å². The van der Waals surface area contributed by atoms with Crippen molar-refractivity contribution < 1.29 is 19.5 Å². The molecule has 0 spiro atoms. The van der Waals surface area contributed by atoms with Gasteiger partial charge in [0.2, 0.25) is 5.91 Å². The number of rotatable bonds is 6. The number of imide groups is 1. The Labute approximate surface area is 140 Å². The van der Waals surface area contributed by atoms with Crippen molar-refractivity contribution in [3.05, 3.63) is 35.4 Å². The Kier molecular flexibility index (Phi) is 4.92. The lowest BCUT2D eigenvalue weighted by atomic mass is 10.1. The van der Waals surface area contributed by atoms with E-state index in [0.29, 0.717) is 50.0 Å². The average Bonchev–Trinajstić information content (AvgIpc) is 3.12. The molecule has 1 saturated heterocycles. The van der Waals surface area contributed by atoms with E-state index < -0.39 is 6.10 Å². The lowest BCUT2D eigenvalue weighted by Crippen LogP contribution is -2.40. The van der Waals surface area contributed by atoms with Gasteiger partial charge in [0.15, 0.2) is 0 Å². The summed E-state index contributed by atoms with van der Waals surface area (Å²) in [5.41, 5.74) is 0.920. The minimum Gasteiger partial charge on any atom is -0.392 e. The van der Waals surface area contributed by atoms with E-state index in [1.165, 1.54) is 4.90 Å². The molecule has 7 nitrogen and oxygen atoms in total. The second kappa shape index (κ2) is 7.11. The second-order valence-electron chi connectivity index (χ2n) is 6.16. The minimum atomic E-state index is -0.463. The highest BCUT2D eigenvalue weighted by Crippen LogP contribution is 2.22. The molecule has 0 aliphatic carbocycles. The minimum absolute atomic E-state index is 0.118. The van der Waals surface area contributed by atoms with Gasteiger partial charge < -0.3 is 15.7 Å². The van der Waals surface area contributed by atoms with Gasteiger partial charge in [0.25, 0.3) is 11.8 Å². The normalized spacial score (nSPS) is 22.8. The van der Waals surface area contributed by atoms with Gasteiger partial charge in [0.1, 0.15) is 0 Å². The number of aliphatic hydroxyl groups excluding tert-OH is 1. The third-order valence-electron chi connectivity index (χ3n) is 4.41. The molecule has 0 bridgehead atoms. The van der Waals surface area contributed by atoms with Crippen LogP contribution in [0.5, 0.6) is 0 Å². The molecule has 3 rings (SSSR count). The van der Waals surface area contributed by atoms with E-state index in [2.05, 4.69) is 10.6 Å². The highest BCUT2D eigenvalue weighted by atomic mass is 16.3. The Balaban J connectivity index is 1.39. The first-order valence-electron chi connectivity index (χ1n) is 8.22. The van der Waals surface area contributed by atoms with Gasteiger partial charge in [-0.2, -0.15) is 0 Å². The summed E-state index contributed by atoms with van der Waals surface area (Å²) in [6.45, 7) is 1.27. The topological polar surface area (TPSA) is 98.7 Å². The summed E-state index contributed by atoms with van der Waals surface area (Å²) in [7, 11) is 0. The third-order valence-corrected chi connectivity index (χ3v) is 4.41. The fraction of sp³-hybridized carbons (Fsp3) is 0.471. The van der Waals surface area contributed by atoms with E-state index in [9.17, 15) is 19.5 Å². The number of β-amino-alcohol motifs (C(OH)–C–C–N with tert-alkyl or cyclic N) is 1. The summed E-state index contributed by atoms with van der Waals surface area (Å²) < 4.78 is 0. The van der Waals surface area contributed by atoms with Crippen molar-refractivity contribution in [3.8, 4) is 0 Å². The highest BCUT2D eigenvalue weighted by molar-refractivity contribution is 6.21. The highest BCUT2D eigenvalue weighted by Gasteiger charge is 2.34. The third kappa shape index (κ3) is 3.32. The predicted molar refractivity (Wildman–Crippen MR) is 86.5 cm³/mol. The fourth-order valence-corrected chi connectivity index (χ4v) is 3.09. The van der Waals surface area contributed by atoms with Gasteiger partial charge >= 0.3 is 0 Å². The van der Waals surface area contributed by atoms with Gasteiger partial charge in [0.05, 0.1) is 23.3 Å². The molecule has 3 amide bonds. The molecule has 7 heteroatoms. The Morgan fingerprint density at radius 3 is 2.46 bits per heavy atom. The molecule has 1 fully saturated rings. The number of unbranched alkanes of at least 4 members (excludes halogenated alkanes) is 1. The molecule has 128 valence electrons. The summed E-state index contributed by atoms with van der Waals surface area (Å²) in [6.07, 6.45) is 1.27. The molecule has 0 aromatic heterocycles. The summed E-state index contributed by atoms with van der Waals surface area (Å²) >= 11 is 0. The molecule has 1 aromatic carbocycles. The summed E-state index contributed by atoms with van der Waals surface area (Å²) in [6, 6.07) is 6.49. The van der Waals surface area contributed by atoms with Crippen LogP contribution in [0.25, 0.3) is 0 Å². The van der Waals surface area contributed by atoms with Crippen LogP contribution in [0, 0.1) is 0 Å². The van der Waals surface area contributed by atoms with E-state index in [0.717, 1.165) is 0 Å². The second-order valence-corrected chi connectivity index (χ2v) is 6.16. The molecular weight excluding hydrogens is 310 g/mol. The quantitative estimate of drug-likeness (QED) is 0.499. The fourth-order valence-electron chi connectivity index (χ4n) is 3.09. The monoisotopic (exact) mass is 331 g/mol. The number of hydrogen-bond acceptors (Lipinski definition) is 5. The molecule has 3 N–H and O–H groups in total. The van der Waals surface area contributed by atoms with Crippen LogP contribution in [0.3, 0.4) is 0 Å². The van der Waals surface area contributed by atoms with E-state index >= 15 is 0 Å². The van der Waals surface area contributed by atoms with Crippen molar-refractivity contribution >= 4 is 17.7 Å². The number of carbonyl (C=O) groups excluding carboxylic acids is 3. The molecular formula is C17H21N3O4. The van der Waals surface area contributed by atoms with Crippen LogP contribution in [-0.2, 0) is 4.79 Å². The Morgan fingerprint density at radius 1 is 1.21 bits per heavy atom. The van der Waals surface area contributed by atoms with Crippen LogP contribution >= 0.6 is 0 Å². The van der Waals surface area contributed by atoms with Gasteiger partial charge in [0, 0.05) is 19.6 Å². The number of carbonyl (C=O) groups is 3. The Hall–Kier alpha value is -2.25. The van der Waals surface area contributed by atoms with Crippen LogP contribution in [0.1, 0.15) is 40.0 Å². The van der Waals surface area contributed by atoms with Crippen molar-refractivity contribution in [2.24, 2.45) is 0 Å². The van der Waals surface area contributed by atoms with Crippen LogP contribution in [0.2, 0.25) is 0 Å². The molecule has 24 heavy (non-hydrogen) atoms. The van der Waals surface area contributed by atoms with E-state index in [-0.39, 0.29) is 23.8 Å². The van der Waals surface area contributed by atoms with Gasteiger partial charge in [-0.05, 0) is 31.4 Å². The number of amides is 3. The number of benzene rings is 1. The SMILES string of the molecule is O=C(NCCCCN1C(=O)c2ccccc2C1=O)C1CC(O)CN1. The van der Waals surface area contributed by atoms with Gasteiger partial charge in [-0.25, -0.2) is 0 Å².